The molecule has 0 saturated heterocycles. The molecule has 0 spiro atoms. The quantitative estimate of drug-likeness (QED) is 0.576. The fourth-order valence-corrected chi connectivity index (χ4v) is 1.76. The number of nitrogens with one attached hydrogen (secondary N) is 1. The summed E-state index contributed by atoms with van der Waals surface area (Å²) in [6.45, 7) is 1.77. The van der Waals surface area contributed by atoms with E-state index in [0.717, 1.165) is 30.3 Å². The monoisotopic (exact) mass is 359 g/mol. The van der Waals surface area contributed by atoms with Crippen molar-refractivity contribution < 1.29 is 37.4 Å². The lowest BCUT2D eigenvalue weighted by Crippen LogP contribution is -2.40. The van der Waals surface area contributed by atoms with Crippen molar-refractivity contribution in [2.45, 2.75) is 25.6 Å². The molecule has 9 heteroatoms. The summed E-state index contributed by atoms with van der Waals surface area (Å²) in [4.78, 5) is 34.2. The zero-order valence-electron chi connectivity index (χ0n) is 13.2. The van der Waals surface area contributed by atoms with Crippen LogP contribution in [-0.4, -0.2) is 35.6 Å². The predicted molar refractivity (Wildman–Crippen MR) is 80.7 cm³/mol. The van der Waals surface area contributed by atoms with Gasteiger partial charge in [-0.3, -0.25) is 4.79 Å². The number of hydrogen-bond donors (Lipinski definition) is 2. The smallest absolute Gasteiger partial charge is 0.416 e. The number of carboxylic acid groups (broad SMARTS) is 1. The van der Waals surface area contributed by atoms with Gasteiger partial charge in [-0.1, -0.05) is 6.08 Å². The number of rotatable bonds is 7. The molecular weight excluding hydrogens is 343 g/mol. The van der Waals surface area contributed by atoms with Crippen molar-refractivity contribution in [2.24, 2.45) is 0 Å². The van der Waals surface area contributed by atoms with E-state index < -0.39 is 35.6 Å². The predicted octanol–water partition coefficient (Wildman–Crippen LogP) is 2.40. The van der Waals surface area contributed by atoms with Crippen LogP contribution in [0.15, 0.2) is 36.4 Å². The first-order valence-electron chi connectivity index (χ1n) is 7.19. The number of halogens is 3. The third kappa shape index (κ3) is 6.66. The summed E-state index contributed by atoms with van der Waals surface area (Å²) in [5.41, 5.74) is -1.04. The van der Waals surface area contributed by atoms with Crippen LogP contribution in [0.4, 0.5) is 13.2 Å². The molecule has 1 aromatic carbocycles. The highest BCUT2D eigenvalue weighted by atomic mass is 19.4. The van der Waals surface area contributed by atoms with Crippen LogP contribution < -0.4 is 5.32 Å². The summed E-state index contributed by atoms with van der Waals surface area (Å²) in [7, 11) is 0. The Morgan fingerprint density at radius 3 is 2.32 bits per heavy atom. The molecule has 0 saturated carbocycles. The third-order valence-corrected chi connectivity index (χ3v) is 2.99. The highest BCUT2D eigenvalue weighted by molar-refractivity contribution is 5.96. The van der Waals surface area contributed by atoms with Crippen molar-refractivity contribution in [3.8, 4) is 0 Å². The van der Waals surface area contributed by atoms with E-state index in [1.807, 2.05) is 0 Å². The molecule has 0 unspecified atom stereocenters. The summed E-state index contributed by atoms with van der Waals surface area (Å²) < 4.78 is 42.0. The van der Waals surface area contributed by atoms with Gasteiger partial charge in [-0.15, -0.1) is 0 Å². The molecule has 1 atom stereocenters. The first-order chi connectivity index (χ1) is 11.6. The highest BCUT2D eigenvalue weighted by Crippen LogP contribution is 2.29. The minimum Gasteiger partial charge on any atom is -0.480 e. The molecule has 0 aliphatic rings. The van der Waals surface area contributed by atoms with Gasteiger partial charge in [0.2, 0.25) is 0 Å². The number of carbonyl (C=O) groups is 3. The summed E-state index contributed by atoms with van der Waals surface area (Å²) in [5, 5.41) is 11.2. The van der Waals surface area contributed by atoms with E-state index in [1.165, 1.54) is 6.08 Å². The summed E-state index contributed by atoms with van der Waals surface area (Å²) >= 11 is 0. The van der Waals surface area contributed by atoms with Crippen molar-refractivity contribution >= 4 is 17.8 Å². The Kier molecular flexibility index (Phi) is 7.16. The second-order valence-electron chi connectivity index (χ2n) is 4.83. The van der Waals surface area contributed by atoms with E-state index in [2.05, 4.69) is 10.1 Å². The van der Waals surface area contributed by atoms with Gasteiger partial charge in [0.25, 0.3) is 5.91 Å². The number of hydrogen-bond acceptors (Lipinski definition) is 4. The molecule has 1 aromatic rings. The van der Waals surface area contributed by atoms with Gasteiger partial charge in [0.15, 0.2) is 0 Å². The summed E-state index contributed by atoms with van der Waals surface area (Å²) in [6.07, 6.45) is -2.47. The van der Waals surface area contributed by atoms with Crippen LogP contribution in [0.3, 0.4) is 0 Å². The van der Waals surface area contributed by atoms with Crippen molar-refractivity contribution in [3.05, 3.63) is 47.5 Å². The SMILES string of the molecule is CCOC(=O)/C=C/C[C@@H](NC(=O)c1ccc(C(F)(F)F)cc1)C(=O)O. The van der Waals surface area contributed by atoms with Gasteiger partial charge in [-0.2, -0.15) is 13.2 Å². The average molecular weight is 359 g/mol. The minimum atomic E-state index is -4.53. The average Bonchev–Trinajstić information content (AvgIpc) is 2.53. The Morgan fingerprint density at radius 1 is 1.24 bits per heavy atom. The van der Waals surface area contributed by atoms with Crippen molar-refractivity contribution in [1.82, 2.24) is 5.32 Å². The molecule has 1 rings (SSSR count). The van der Waals surface area contributed by atoms with Crippen LogP contribution >= 0.6 is 0 Å². The zero-order chi connectivity index (χ0) is 19.0. The van der Waals surface area contributed by atoms with E-state index in [0.29, 0.717) is 0 Å². The lowest BCUT2D eigenvalue weighted by molar-refractivity contribution is -0.139. The lowest BCUT2D eigenvalue weighted by atomic mass is 10.1. The number of carbonyl (C=O) groups excluding carboxylic acids is 2. The number of alkyl halides is 3. The Hall–Kier alpha value is -2.84. The van der Waals surface area contributed by atoms with Gasteiger partial charge in [0.1, 0.15) is 6.04 Å². The number of amides is 1. The fraction of sp³-hybridized carbons (Fsp3) is 0.312. The molecule has 1 amide bonds. The number of aliphatic carboxylic acids is 1. The molecule has 0 aromatic heterocycles. The van der Waals surface area contributed by atoms with E-state index in [1.54, 1.807) is 6.92 Å². The Morgan fingerprint density at radius 2 is 1.84 bits per heavy atom. The second-order valence-corrected chi connectivity index (χ2v) is 4.83. The minimum absolute atomic E-state index is 0.117. The molecule has 6 nitrogen and oxygen atoms in total. The van der Waals surface area contributed by atoms with Gasteiger partial charge in [-0.05, 0) is 37.6 Å². The lowest BCUT2D eigenvalue weighted by Gasteiger charge is -2.13. The standard InChI is InChI=1S/C16H16F3NO5/c1-2-25-13(21)5-3-4-12(15(23)24)20-14(22)10-6-8-11(9-7-10)16(17,18)19/h3,5-9,12H,2,4H2,1H3,(H,20,22)(H,23,24)/b5-3+/t12-/m1/s1. The van der Waals surface area contributed by atoms with Crippen LogP contribution in [0.25, 0.3) is 0 Å². The molecule has 0 aliphatic heterocycles. The number of benzene rings is 1. The normalized spacial score (nSPS) is 12.6. The Bertz CT molecular complexity index is 653. The summed E-state index contributed by atoms with van der Waals surface area (Å²) in [6, 6.07) is 2.01. The van der Waals surface area contributed by atoms with E-state index >= 15 is 0 Å². The van der Waals surface area contributed by atoms with Gasteiger partial charge in [0, 0.05) is 11.6 Å². The van der Waals surface area contributed by atoms with Gasteiger partial charge >= 0.3 is 18.1 Å². The maximum atomic E-state index is 12.5. The number of ether oxygens (including phenoxy) is 1. The number of esters is 1. The Balaban J connectivity index is 2.73. The molecule has 0 aliphatic carbocycles. The van der Waals surface area contributed by atoms with Crippen LogP contribution in [-0.2, 0) is 20.5 Å². The van der Waals surface area contributed by atoms with Gasteiger partial charge in [0.05, 0.1) is 12.2 Å². The first-order valence-corrected chi connectivity index (χ1v) is 7.19. The molecule has 0 heterocycles. The van der Waals surface area contributed by atoms with E-state index in [9.17, 15) is 27.6 Å². The zero-order valence-corrected chi connectivity index (χ0v) is 13.2. The molecule has 0 fully saturated rings. The molecule has 136 valence electrons. The summed E-state index contributed by atoms with van der Waals surface area (Å²) in [5.74, 6) is -2.85. The fourth-order valence-electron chi connectivity index (χ4n) is 1.76. The van der Waals surface area contributed by atoms with Crippen molar-refractivity contribution in [2.75, 3.05) is 6.61 Å². The topological polar surface area (TPSA) is 92.7 Å². The third-order valence-electron chi connectivity index (χ3n) is 2.99. The number of carboxylic acids is 1. The molecule has 0 bridgehead atoms. The van der Waals surface area contributed by atoms with E-state index in [-0.39, 0.29) is 18.6 Å². The first kappa shape index (κ1) is 20.2. The van der Waals surface area contributed by atoms with E-state index in [4.69, 9.17) is 5.11 Å². The van der Waals surface area contributed by atoms with Gasteiger partial charge < -0.3 is 15.2 Å². The maximum Gasteiger partial charge on any atom is 0.416 e. The van der Waals surface area contributed by atoms with Gasteiger partial charge in [-0.25, -0.2) is 9.59 Å². The molecule has 2 N–H and O–H groups in total. The molecule has 0 radical (unpaired) electrons. The maximum absolute atomic E-state index is 12.5. The van der Waals surface area contributed by atoms with Crippen LogP contribution in [0.1, 0.15) is 29.3 Å². The largest absolute Gasteiger partial charge is 0.480 e. The van der Waals surface area contributed by atoms with Crippen LogP contribution in [0.2, 0.25) is 0 Å². The molecular formula is C16H16F3NO5. The van der Waals surface area contributed by atoms with Crippen molar-refractivity contribution in [1.29, 1.82) is 0 Å². The second kappa shape index (κ2) is 8.86. The van der Waals surface area contributed by atoms with Crippen LogP contribution in [0.5, 0.6) is 0 Å². The van der Waals surface area contributed by atoms with Crippen molar-refractivity contribution in [3.63, 3.8) is 0 Å². The Labute approximate surface area is 141 Å². The highest BCUT2D eigenvalue weighted by Gasteiger charge is 2.30. The van der Waals surface area contributed by atoms with Crippen LogP contribution in [0, 0.1) is 0 Å². The molecule has 25 heavy (non-hydrogen) atoms.